The summed E-state index contributed by atoms with van der Waals surface area (Å²) < 4.78 is 7.23. The fourth-order valence-electron chi connectivity index (χ4n) is 3.44. The Morgan fingerprint density at radius 3 is 2.31 bits per heavy atom. The first-order valence-corrected chi connectivity index (χ1v) is 10.1. The van der Waals surface area contributed by atoms with Crippen LogP contribution in [0.5, 0.6) is 11.5 Å². The molecule has 8 nitrogen and oxygen atoms in total. The van der Waals surface area contributed by atoms with Gasteiger partial charge in [0.05, 0.1) is 6.42 Å². The highest BCUT2D eigenvalue weighted by atomic mass is 16.5. The van der Waals surface area contributed by atoms with E-state index in [1.54, 1.807) is 24.3 Å². The van der Waals surface area contributed by atoms with Crippen LogP contribution in [0.2, 0.25) is 0 Å². The van der Waals surface area contributed by atoms with Gasteiger partial charge in [-0.25, -0.2) is 4.68 Å². The molecule has 2 amide bonds. The van der Waals surface area contributed by atoms with Crippen LogP contribution in [0.1, 0.15) is 12.5 Å². The summed E-state index contributed by atoms with van der Waals surface area (Å²) in [6.07, 6.45) is -0.0569. The number of fused-ring (bicyclic) bond motifs is 1. The van der Waals surface area contributed by atoms with E-state index in [0.717, 1.165) is 11.3 Å². The van der Waals surface area contributed by atoms with Crippen molar-refractivity contribution in [2.24, 2.45) is 0 Å². The summed E-state index contributed by atoms with van der Waals surface area (Å²) in [7, 11) is 0. The first-order valence-electron chi connectivity index (χ1n) is 10.1. The number of hydrogen-bond donors (Lipinski definition) is 2. The zero-order valence-corrected chi connectivity index (χ0v) is 16.9. The molecule has 32 heavy (non-hydrogen) atoms. The lowest BCUT2D eigenvalue weighted by Crippen LogP contribution is -2.23. The summed E-state index contributed by atoms with van der Waals surface area (Å²) in [5.41, 5.74) is 1.45. The predicted molar refractivity (Wildman–Crippen MR) is 119 cm³/mol. The van der Waals surface area contributed by atoms with Crippen molar-refractivity contribution in [2.45, 2.75) is 12.5 Å². The molecule has 0 unspecified atom stereocenters. The third-order valence-electron chi connectivity index (χ3n) is 4.99. The van der Waals surface area contributed by atoms with E-state index >= 15 is 0 Å². The Balaban J connectivity index is 1.24. The lowest BCUT2D eigenvalue weighted by molar-refractivity contribution is -0.123. The highest BCUT2D eigenvalue weighted by Gasteiger charge is 2.35. The van der Waals surface area contributed by atoms with Crippen LogP contribution in [0.3, 0.4) is 0 Å². The molecular formula is C24H19N5O3. The Labute approximate surface area is 183 Å². The zero-order valence-electron chi connectivity index (χ0n) is 16.9. The number of rotatable bonds is 6. The Morgan fingerprint density at radius 1 is 0.938 bits per heavy atom. The molecule has 158 valence electrons. The fraction of sp³-hybridized carbons (Fsp3) is 0.0833. The second-order valence-electron chi connectivity index (χ2n) is 7.27. The van der Waals surface area contributed by atoms with Gasteiger partial charge >= 0.3 is 0 Å². The molecule has 1 aromatic heterocycles. The van der Waals surface area contributed by atoms with Crippen molar-refractivity contribution >= 4 is 23.5 Å². The number of hydrogen-bond acceptors (Lipinski definition) is 5. The minimum Gasteiger partial charge on any atom is -0.457 e. The predicted octanol–water partition coefficient (Wildman–Crippen LogP) is 4.26. The molecule has 5 rings (SSSR count). The normalized spacial score (nSPS) is 14.5. The van der Waals surface area contributed by atoms with Gasteiger partial charge in [0.25, 0.3) is 5.91 Å². The number of nitrogens with one attached hydrogen (secondary N) is 2. The third-order valence-corrected chi connectivity index (χ3v) is 4.99. The SMILES string of the molecule is O=C(C[C@@H]1C(=O)Nc2nc(-c3ccccc3)nn21)Nc1ccc(Oc2ccccc2)cc1. The highest BCUT2D eigenvalue weighted by Crippen LogP contribution is 2.29. The van der Waals surface area contributed by atoms with Gasteiger partial charge in [0.1, 0.15) is 17.5 Å². The van der Waals surface area contributed by atoms with E-state index in [9.17, 15) is 9.59 Å². The second kappa shape index (κ2) is 8.35. The number of para-hydroxylation sites is 1. The second-order valence-corrected chi connectivity index (χ2v) is 7.27. The molecule has 0 saturated heterocycles. The van der Waals surface area contributed by atoms with Gasteiger partial charge in [-0.2, -0.15) is 4.98 Å². The minimum absolute atomic E-state index is 0.0569. The smallest absolute Gasteiger partial charge is 0.252 e. The summed E-state index contributed by atoms with van der Waals surface area (Å²) in [4.78, 5) is 29.3. The number of aromatic nitrogens is 3. The van der Waals surface area contributed by atoms with Crippen molar-refractivity contribution < 1.29 is 14.3 Å². The average molecular weight is 425 g/mol. The highest BCUT2D eigenvalue weighted by molar-refractivity contribution is 6.01. The number of benzene rings is 3. The first-order chi connectivity index (χ1) is 15.7. The number of amides is 2. The number of carbonyl (C=O) groups excluding carboxylic acids is 2. The van der Waals surface area contributed by atoms with E-state index < -0.39 is 6.04 Å². The Hall–Kier alpha value is -4.46. The van der Waals surface area contributed by atoms with Gasteiger partial charge in [-0.3, -0.25) is 14.9 Å². The molecule has 0 aliphatic carbocycles. The quantitative estimate of drug-likeness (QED) is 0.481. The molecule has 0 radical (unpaired) electrons. The third kappa shape index (κ3) is 4.06. The Kier molecular flexibility index (Phi) is 5.09. The lowest BCUT2D eigenvalue weighted by Gasteiger charge is -2.11. The van der Waals surface area contributed by atoms with Crippen LogP contribution < -0.4 is 15.4 Å². The van der Waals surface area contributed by atoms with E-state index in [0.29, 0.717) is 23.2 Å². The Morgan fingerprint density at radius 2 is 1.59 bits per heavy atom. The van der Waals surface area contributed by atoms with Crippen LogP contribution in [-0.2, 0) is 9.59 Å². The van der Waals surface area contributed by atoms with Gasteiger partial charge < -0.3 is 10.1 Å². The summed E-state index contributed by atoms with van der Waals surface area (Å²) in [5.74, 6) is 1.63. The maximum atomic E-state index is 12.6. The zero-order chi connectivity index (χ0) is 21.9. The Bertz CT molecular complexity index is 1250. The van der Waals surface area contributed by atoms with E-state index in [1.807, 2.05) is 60.7 Å². The van der Waals surface area contributed by atoms with Crippen molar-refractivity contribution in [1.82, 2.24) is 14.8 Å². The average Bonchev–Trinajstić information content (AvgIpc) is 3.35. The van der Waals surface area contributed by atoms with Crippen LogP contribution in [0.25, 0.3) is 11.4 Å². The summed E-state index contributed by atoms with van der Waals surface area (Å²) in [6.45, 7) is 0. The molecule has 2 N–H and O–H groups in total. The molecule has 1 aliphatic rings. The number of carbonyl (C=O) groups is 2. The lowest BCUT2D eigenvalue weighted by atomic mass is 10.2. The molecule has 1 atom stereocenters. The minimum atomic E-state index is -0.754. The summed E-state index contributed by atoms with van der Waals surface area (Å²) in [6, 6.07) is 25.2. The van der Waals surface area contributed by atoms with Crippen LogP contribution in [0.15, 0.2) is 84.9 Å². The fourth-order valence-corrected chi connectivity index (χ4v) is 3.44. The van der Waals surface area contributed by atoms with Crippen LogP contribution in [-0.4, -0.2) is 26.6 Å². The van der Waals surface area contributed by atoms with E-state index in [1.165, 1.54) is 4.68 Å². The standard InChI is InChI=1S/C24H19N5O3/c30-21(25-17-11-13-19(14-12-17)32-18-9-5-2-6-10-18)15-20-23(31)27-24-26-22(28-29(20)24)16-7-3-1-4-8-16/h1-14,20H,15H2,(H,25,30)(H,26,27,28,31)/t20-/m1/s1. The molecule has 8 heteroatoms. The number of nitrogens with zero attached hydrogens (tertiary/aromatic N) is 3. The molecule has 0 fully saturated rings. The van der Waals surface area contributed by atoms with Crippen LogP contribution in [0.4, 0.5) is 11.6 Å². The van der Waals surface area contributed by atoms with Crippen molar-refractivity contribution in [3.05, 3.63) is 84.9 Å². The molecule has 0 spiro atoms. The van der Waals surface area contributed by atoms with Gasteiger partial charge in [0.15, 0.2) is 5.82 Å². The number of anilines is 2. The van der Waals surface area contributed by atoms with Crippen molar-refractivity contribution in [3.63, 3.8) is 0 Å². The topological polar surface area (TPSA) is 98.1 Å². The molecule has 3 aromatic carbocycles. The van der Waals surface area contributed by atoms with Gasteiger partial charge in [0.2, 0.25) is 11.9 Å². The number of ether oxygens (including phenoxy) is 1. The molecule has 0 saturated carbocycles. The van der Waals surface area contributed by atoms with Gasteiger partial charge in [-0.05, 0) is 36.4 Å². The van der Waals surface area contributed by atoms with Crippen molar-refractivity contribution in [3.8, 4) is 22.9 Å². The van der Waals surface area contributed by atoms with Gasteiger partial charge in [-0.15, -0.1) is 5.10 Å². The maximum absolute atomic E-state index is 12.6. The van der Waals surface area contributed by atoms with Crippen molar-refractivity contribution in [1.29, 1.82) is 0 Å². The van der Waals surface area contributed by atoms with Gasteiger partial charge in [-0.1, -0.05) is 48.5 Å². The molecule has 1 aliphatic heterocycles. The van der Waals surface area contributed by atoms with Gasteiger partial charge in [0, 0.05) is 11.3 Å². The van der Waals surface area contributed by atoms with Crippen LogP contribution >= 0.6 is 0 Å². The molecule has 4 aromatic rings. The molecule has 0 bridgehead atoms. The molecular weight excluding hydrogens is 406 g/mol. The van der Waals surface area contributed by atoms with E-state index in [4.69, 9.17) is 4.74 Å². The van der Waals surface area contributed by atoms with E-state index in [-0.39, 0.29) is 18.2 Å². The maximum Gasteiger partial charge on any atom is 0.252 e. The largest absolute Gasteiger partial charge is 0.457 e. The van der Waals surface area contributed by atoms with E-state index in [2.05, 4.69) is 20.7 Å². The van der Waals surface area contributed by atoms with Crippen molar-refractivity contribution in [2.75, 3.05) is 10.6 Å². The molecule has 2 heterocycles. The summed E-state index contributed by atoms with van der Waals surface area (Å²) in [5, 5.41) is 9.94. The van der Waals surface area contributed by atoms with Crippen LogP contribution in [0, 0.1) is 0 Å². The first kappa shape index (κ1) is 19.5. The summed E-state index contributed by atoms with van der Waals surface area (Å²) >= 11 is 0. The monoisotopic (exact) mass is 425 g/mol.